The van der Waals surface area contributed by atoms with E-state index in [4.69, 9.17) is 0 Å². The Labute approximate surface area is 123 Å². The van der Waals surface area contributed by atoms with E-state index < -0.39 is 0 Å². The number of carbonyl (C=O) groups excluding carboxylic acids is 1. The molecule has 98 valence electrons. The highest BCUT2D eigenvalue weighted by atomic mass is 127. The maximum absolute atomic E-state index is 12.3. The van der Waals surface area contributed by atoms with Gasteiger partial charge in [-0.3, -0.25) is 4.79 Å². The quantitative estimate of drug-likeness (QED) is 0.751. The lowest BCUT2D eigenvalue weighted by molar-refractivity contribution is 0.0760. The van der Waals surface area contributed by atoms with Gasteiger partial charge in [0.15, 0.2) is 0 Å². The molecule has 2 rings (SSSR count). The van der Waals surface area contributed by atoms with Crippen LogP contribution in [0.4, 0.5) is 0 Å². The van der Waals surface area contributed by atoms with Crippen LogP contribution < -0.4 is 0 Å². The molecule has 0 saturated heterocycles. The fourth-order valence-corrected chi connectivity index (χ4v) is 3.22. The van der Waals surface area contributed by atoms with E-state index in [-0.39, 0.29) is 5.91 Å². The summed E-state index contributed by atoms with van der Waals surface area (Å²) in [5, 5.41) is 0. The van der Waals surface area contributed by atoms with Crippen LogP contribution in [0.5, 0.6) is 0 Å². The number of hydrogen-bond acceptors (Lipinski definition) is 1. The first kappa shape index (κ1) is 13.8. The van der Waals surface area contributed by atoms with Crippen molar-refractivity contribution in [2.45, 2.75) is 32.1 Å². The molecular formula is C15H20INO. The third kappa shape index (κ3) is 3.70. The van der Waals surface area contributed by atoms with Gasteiger partial charge in [-0.15, -0.1) is 0 Å². The number of benzene rings is 1. The molecule has 1 aromatic rings. The Hall–Kier alpha value is -0.580. The van der Waals surface area contributed by atoms with Crippen LogP contribution in [-0.4, -0.2) is 24.4 Å². The molecular weight excluding hydrogens is 337 g/mol. The second kappa shape index (κ2) is 6.55. The predicted molar refractivity (Wildman–Crippen MR) is 82.7 cm³/mol. The smallest absolute Gasteiger partial charge is 0.253 e. The molecule has 1 aliphatic rings. The molecule has 1 saturated carbocycles. The standard InChI is InChI=1S/C15H20INO/c1-17(11-12-6-3-2-4-7-12)15(18)13-8-5-9-14(16)10-13/h5,8-10,12H,2-4,6-7,11H2,1H3. The molecule has 0 aliphatic heterocycles. The minimum Gasteiger partial charge on any atom is -0.341 e. The van der Waals surface area contributed by atoms with Crippen molar-refractivity contribution in [3.63, 3.8) is 0 Å². The van der Waals surface area contributed by atoms with E-state index in [1.807, 2.05) is 36.2 Å². The topological polar surface area (TPSA) is 20.3 Å². The van der Waals surface area contributed by atoms with E-state index in [9.17, 15) is 4.79 Å². The Balaban J connectivity index is 1.95. The molecule has 0 N–H and O–H groups in total. The van der Waals surface area contributed by atoms with Crippen LogP contribution in [0, 0.1) is 9.49 Å². The van der Waals surface area contributed by atoms with Crippen LogP contribution in [0.15, 0.2) is 24.3 Å². The number of amides is 1. The summed E-state index contributed by atoms with van der Waals surface area (Å²) in [6.45, 7) is 0.907. The first-order valence-electron chi connectivity index (χ1n) is 6.68. The van der Waals surface area contributed by atoms with Gasteiger partial charge in [0.25, 0.3) is 5.91 Å². The molecule has 1 amide bonds. The molecule has 1 aliphatic carbocycles. The minimum absolute atomic E-state index is 0.152. The number of rotatable bonds is 3. The SMILES string of the molecule is CN(CC1CCCCC1)C(=O)c1cccc(I)c1. The Bertz CT molecular complexity index is 413. The highest BCUT2D eigenvalue weighted by Crippen LogP contribution is 2.24. The average Bonchev–Trinajstić information content (AvgIpc) is 2.39. The van der Waals surface area contributed by atoms with Gasteiger partial charge in [-0.2, -0.15) is 0 Å². The molecule has 1 fully saturated rings. The summed E-state index contributed by atoms with van der Waals surface area (Å²) in [5.41, 5.74) is 0.806. The zero-order valence-electron chi connectivity index (χ0n) is 10.9. The third-order valence-electron chi connectivity index (χ3n) is 3.68. The normalized spacial score (nSPS) is 16.6. The zero-order chi connectivity index (χ0) is 13.0. The molecule has 2 nitrogen and oxygen atoms in total. The Kier molecular flexibility index (Phi) is 5.03. The molecule has 1 aromatic carbocycles. The number of nitrogens with zero attached hydrogens (tertiary/aromatic N) is 1. The van der Waals surface area contributed by atoms with Crippen molar-refractivity contribution in [2.75, 3.05) is 13.6 Å². The Morgan fingerprint density at radius 1 is 1.33 bits per heavy atom. The van der Waals surface area contributed by atoms with E-state index in [0.29, 0.717) is 5.92 Å². The Morgan fingerprint density at radius 3 is 2.72 bits per heavy atom. The van der Waals surface area contributed by atoms with Crippen molar-refractivity contribution in [1.29, 1.82) is 0 Å². The fourth-order valence-electron chi connectivity index (χ4n) is 2.68. The summed E-state index contributed by atoms with van der Waals surface area (Å²) in [7, 11) is 1.93. The largest absolute Gasteiger partial charge is 0.341 e. The number of hydrogen-bond donors (Lipinski definition) is 0. The lowest BCUT2D eigenvalue weighted by Gasteiger charge is -2.27. The molecule has 0 spiro atoms. The average molecular weight is 357 g/mol. The molecule has 18 heavy (non-hydrogen) atoms. The summed E-state index contributed by atoms with van der Waals surface area (Å²) in [5.74, 6) is 0.856. The molecule has 0 bridgehead atoms. The predicted octanol–water partition coefficient (Wildman–Crippen LogP) is 3.94. The van der Waals surface area contributed by atoms with Crippen molar-refractivity contribution in [1.82, 2.24) is 4.90 Å². The molecule has 0 heterocycles. The van der Waals surface area contributed by atoms with Crippen molar-refractivity contribution < 1.29 is 4.79 Å². The van der Waals surface area contributed by atoms with Gasteiger partial charge in [-0.25, -0.2) is 0 Å². The molecule has 0 atom stereocenters. The second-order valence-corrected chi connectivity index (χ2v) is 6.45. The van der Waals surface area contributed by atoms with E-state index in [2.05, 4.69) is 22.6 Å². The summed E-state index contributed by atoms with van der Waals surface area (Å²) in [6, 6.07) is 7.82. The van der Waals surface area contributed by atoms with Crippen LogP contribution in [-0.2, 0) is 0 Å². The molecule has 3 heteroatoms. The van der Waals surface area contributed by atoms with Crippen molar-refractivity contribution >= 4 is 28.5 Å². The van der Waals surface area contributed by atoms with E-state index in [0.717, 1.165) is 15.7 Å². The van der Waals surface area contributed by atoms with Crippen molar-refractivity contribution in [3.05, 3.63) is 33.4 Å². The molecule has 0 radical (unpaired) electrons. The van der Waals surface area contributed by atoms with E-state index in [1.54, 1.807) is 0 Å². The minimum atomic E-state index is 0.152. The van der Waals surface area contributed by atoms with Gasteiger partial charge in [0, 0.05) is 22.7 Å². The number of halogens is 1. The lowest BCUT2D eigenvalue weighted by atomic mass is 9.89. The van der Waals surface area contributed by atoms with Gasteiger partial charge in [-0.05, 0) is 59.5 Å². The maximum Gasteiger partial charge on any atom is 0.253 e. The summed E-state index contributed by atoms with van der Waals surface area (Å²) in [6.07, 6.45) is 6.59. The van der Waals surface area contributed by atoms with Crippen molar-refractivity contribution in [3.8, 4) is 0 Å². The first-order chi connectivity index (χ1) is 8.66. The highest BCUT2D eigenvalue weighted by Gasteiger charge is 2.19. The van der Waals surface area contributed by atoms with Gasteiger partial charge in [-0.1, -0.05) is 25.3 Å². The van der Waals surface area contributed by atoms with Crippen molar-refractivity contribution in [2.24, 2.45) is 5.92 Å². The van der Waals surface area contributed by atoms with Crippen LogP contribution in [0.25, 0.3) is 0 Å². The van der Waals surface area contributed by atoms with Crippen LogP contribution in [0.2, 0.25) is 0 Å². The van der Waals surface area contributed by atoms with E-state index in [1.165, 1.54) is 32.1 Å². The Morgan fingerprint density at radius 2 is 2.06 bits per heavy atom. The molecule has 0 unspecified atom stereocenters. The van der Waals surface area contributed by atoms with E-state index >= 15 is 0 Å². The summed E-state index contributed by atoms with van der Waals surface area (Å²) >= 11 is 2.25. The van der Waals surface area contributed by atoms with Gasteiger partial charge < -0.3 is 4.90 Å². The first-order valence-corrected chi connectivity index (χ1v) is 7.76. The van der Waals surface area contributed by atoms with Gasteiger partial charge >= 0.3 is 0 Å². The second-order valence-electron chi connectivity index (χ2n) is 5.20. The van der Waals surface area contributed by atoms with Crippen LogP contribution >= 0.6 is 22.6 Å². The highest BCUT2D eigenvalue weighted by molar-refractivity contribution is 14.1. The maximum atomic E-state index is 12.3. The van der Waals surface area contributed by atoms with Gasteiger partial charge in [0.2, 0.25) is 0 Å². The van der Waals surface area contributed by atoms with Gasteiger partial charge in [0.1, 0.15) is 0 Å². The zero-order valence-corrected chi connectivity index (χ0v) is 13.0. The van der Waals surface area contributed by atoms with Crippen LogP contribution in [0.3, 0.4) is 0 Å². The third-order valence-corrected chi connectivity index (χ3v) is 4.35. The number of carbonyl (C=O) groups is 1. The van der Waals surface area contributed by atoms with Gasteiger partial charge in [0.05, 0.1) is 0 Å². The lowest BCUT2D eigenvalue weighted by Crippen LogP contribution is -2.32. The fraction of sp³-hybridized carbons (Fsp3) is 0.533. The summed E-state index contributed by atoms with van der Waals surface area (Å²) in [4.78, 5) is 14.2. The monoisotopic (exact) mass is 357 g/mol. The van der Waals surface area contributed by atoms with Crippen LogP contribution in [0.1, 0.15) is 42.5 Å². The summed E-state index contributed by atoms with van der Waals surface area (Å²) < 4.78 is 1.12. The molecule has 0 aromatic heterocycles.